The molecule has 10 heteroatoms. The minimum atomic E-state index is -4.50. The second-order valence-electron chi connectivity index (χ2n) is 7.84. The molecular formula is C24H21F3N2O4S. The van der Waals surface area contributed by atoms with Crippen molar-refractivity contribution in [1.29, 1.82) is 0 Å². The van der Waals surface area contributed by atoms with Crippen molar-refractivity contribution in [1.82, 2.24) is 5.32 Å². The highest BCUT2D eigenvalue weighted by atomic mass is 32.2. The normalized spacial score (nSPS) is 15.9. The second-order valence-corrected chi connectivity index (χ2v) is 9.71. The summed E-state index contributed by atoms with van der Waals surface area (Å²) in [7, 11) is -4.00. The molecule has 4 rings (SSSR count). The molecule has 0 spiro atoms. The van der Waals surface area contributed by atoms with Crippen LogP contribution in [0.1, 0.15) is 16.7 Å². The zero-order valence-corrected chi connectivity index (χ0v) is 18.9. The Balaban J connectivity index is 1.58. The molecule has 1 N–H and O–H groups in total. The Kier molecular flexibility index (Phi) is 6.26. The Labute approximate surface area is 195 Å². The average Bonchev–Trinajstić information content (AvgIpc) is 2.82. The molecule has 1 aliphatic rings. The highest BCUT2D eigenvalue weighted by Crippen LogP contribution is 2.37. The number of sulfonamides is 1. The van der Waals surface area contributed by atoms with E-state index in [4.69, 9.17) is 4.74 Å². The van der Waals surface area contributed by atoms with E-state index in [2.05, 4.69) is 5.32 Å². The number of aryl methyl sites for hydroxylation is 1. The summed E-state index contributed by atoms with van der Waals surface area (Å²) in [5.41, 5.74) is 0.551. The monoisotopic (exact) mass is 490 g/mol. The molecular weight excluding hydrogens is 469 g/mol. The van der Waals surface area contributed by atoms with Gasteiger partial charge in [0.05, 0.1) is 22.7 Å². The number of fused-ring (bicyclic) bond motifs is 1. The van der Waals surface area contributed by atoms with Gasteiger partial charge in [-0.3, -0.25) is 9.10 Å². The number of rotatable bonds is 5. The van der Waals surface area contributed by atoms with E-state index < -0.39 is 33.8 Å². The number of carbonyl (C=O) groups excluding carboxylic acids is 1. The second kappa shape index (κ2) is 9.02. The first kappa shape index (κ1) is 23.6. The SMILES string of the molecule is Cc1ccc2c(c1)N(S(=O)(=O)c1ccccc1)CC(C(=O)NCc1cccc(C(F)(F)F)c1)O2. The Morgan fingerprint density at radius 2 is 1.79 bits per heavy atom. The van der Waals surface area contributed by atoms with Crippen LogP contribution < -0.4 is 14.4 Å². The highest BCUT2D eigenvalue weighted by molar-refractivity contribution is 7.92. The average molecular weight is 491 g/mol. The van der Waals surface area contributed by atoms with Gasteiger partial charge >= 0.3 is 6.18 Å². The first-order chi connectivity index (χ1) is 16.1. The highest BCUT2D eigenvalue weighted by Gasteiger charge is 2.37. The number of benzene rings is 3. The van der Waals surface area contributed by atoms with Crippen molar-refractivity contribution in [2.45, 2.75) is 30.6 Å². The van der Waals surface area contributed by atoms with Crippen LogP contribution in [0.5, 0.6) is 5.75 Å². The van der Waals surface area contributed by atoms with Crippen LogP contribution in [0, 0.1) is 6.92 Å². The van der Waals surface area contributed by atoms with E-state index in [-0.39, 0.29) is 29.3 Å². The van der Waals surface area contributed by atoms with Gasteiger partial charge in [-0.15, -0.1) is 0 Å². The van der Waals surface area contributed by atoms with Crippen molar-refractivity contribution in [3.8, 4) is 5.75 Å². The summed E-state index contributed by atoms with van der Waals surface area (Å²) in [6.45, 7) is 1.35. The standard InChI is InChI=1S/C24H21F3N2O4S/c1-16-10-11-21-20(12-16)29(34(31,32)19-8-3-2-4-9-19)15-22(33-21)23(30)28-14-17-6-5-7-18(13-17)24(25,26)27/h2-13,22H,14-15H2,1H3,(H,28,30). The zero-order chi connectivity index (χ0) is 24.5. The Morgan fingerprint density at radius 3 is 2.50 bits per heavy atom. The lowest BCUT2D eigenvalue weighted by atomic mass is 10.1. The van der Waals surface area contributed by atoms with E-state index in [1.807, 2.05) is 6.92 Å². The first-order valence-electron chi connectivity index (χ1n) is 10.3. The number of hydrogen-bond acceptors (Lipinski definition) is 4. The number of carbonyl (C=O) groups is 1. The largest absolute Gasteiger partial charge is 0.476 e. The fraction of sp³-hybridized carbons (Fsp3) is 0.208. The van der Waals surface area contributed by atoms with E-state index >= 15 is 0 Å². The minimum Gasteiger partial charge on any atom is -0.476 e. The van der Waals surface area contributed by atoms with Gasteiger partial charge in [0.25, 0.3) is 15.9 Å². The Bertz CT molecular complexity index is 1310. The van der Waals surface area contributed by atoms with E-state index in [0.29, 0.717) is 5.69 Å². The molecule has 1 atom stereocenters. The van der Waals surface area contributed by atoms with Crippen molar-refractivity contribution in [2.75, 3.05) is 10.8 Å². The maximum atomic E-state index is 13.4. The summed E-state index contributed by atoms with van der Waals surface area (Å²) < 4.78 is 72.5. The molecule has 6 nitrogen and oxygen atoms in total. The van der Waals surface area contributed by atoms with Crippen LogP contribution in [-0.4, -0.2) is 27.0 Å². The lowest BCUT2D eigenvalue weighted by molar-refractivity contribution is -0.137. The molecule has 0 saturated carbocycles. The van der Waals surface area contributed by atoms with Crippen molar-refractivity contribution in [3.05, 3.63) is 89.5 Å². The smallest absolute Gasteiger partial charge is 0.416 e. The van der Waals surface area contributed by atoms with Gasteiger partial charge in [0.1, 0.15) is 5.75 Å². The van der Waals surface area contributed by atoms with Gasteiger partial charge in [0.15, 0.2) is 6.10 Å². The van der Waals surface area contributed by atoms with Crippen molar-refractivity contribution < 1.29 is 31.1 Å². The number of hydrogen-bond donors (Lipinski definition) is 1. The zero-order valence-electron chi connectivity index (χ0n) is 18.0. The maximum absolute atomic E-state index is 13.4. The summed E-state index contributed by atoms with van der Waals surface area (Å²) in [5, 5.41) is 2.55. The van der Waals surface area contributed by atoms with Gasteiger partial charge < -0.3 is 10.1 Å². The predicted octanol–water partition coefficient (Wildman–Crippen LogP) is 4.29. The van der Waals surface area contributed by atoms with Gasteiger partial charge in [0, 0.05) is 6.54 Å². The minimum absolute atomic E-state index is 0.0625. The number of alkyl halides is 3. The quantitative estimate of drug-likeness (QED) is 0.579. The molecule has 0 radical (unpaired) electrons. The fourth-order valence-corrected chi connectivity index (χ4v) is 5.09. The molecule has 178 valence electrons. The number of amides is 1. The number of anilines is 1. The van der Waals surface area contributed by atoms with Crippen molar-refractivity contribution >= 4 is 21.6 Å². The van der Waals surface area contributed by atoms with Crippen LogP contribution in [0.4, 0.5) is 18.9 Å². The first-order valence-corrected chi connectivity index (χ1v) is 11.8. The molecule has 1 amide bonds. The third-order valence-electron chi connectivity index (χ3n) is 5.33. The van der Waals surface area contributed by atoms with E-state index in [1.165, 1.54) is 24.3 Å². The van der Waals surface area contributed by atoms with Gasteiger partial charge in [-0.05, 0) is 54.4 Å². The molecule has 0 aliphatic carbocycles. The van der Waals surface area contributed by atoms with Gasteiger partial charge in [0.2, 0.25) is 0 Å². The molecule has 34 heavy (non-hydrogen) atoms. The maximum Gasteiger partial charge on any atom is 0.416 e. The Morgan fingerprint density at radius 1 is 1.06 bits per heavy atom. The lowest BCUT2D eigenvalue weighted by Crippen LogP contribution is -2.50. The number of ether oxygens (including phenoxy) is 1. The number of nitrogens with zero attached hydrogens (tertiary/aromatic N) is 1. The predicted molar refractivity (Wildman–Crippen MR) is 120 cm³/mol. The topological polar surface area (TPSA) is 75.7 Å². The molecule has 0 aromatic heterocycles. The number of halogens is 3. The molecule has 0 fully saturated rings. The molecule has 1 heterocycles. The summed E-state index contributed by atoms with van der Waals surface area (Å²) in [6, 6.07) is 17.4. The van der Waals surface area contributed by atoms with Crippen LogP contribution >= 0.6 is 0 Å². The van der Waals surface area contributed by atoms with E-state index in [9.17, 15) is 26.4 Å². The third-order valence-corrected chi connectivity index (χ3v) is 7.12. The summed E-state index contributed by atoms with van der Waals surface area (Å²) in [6.07, 6.45) is -5.69. The van der Waals surface area contributed by atoms with Crippen LogP contribution in [0.2, 0.25) is 0 Å². The summed E-state index contributed by atoms with van der Waals surface area (Å²) >= 11 is 0. The fourth-order valence-electron chi connectivity index (χ4n) is 3.61. The van der Waals surface area contributed by atoms with E-state index in [0.717, 1.165) is 22.0 Å². The third kappa shape index (κ3) is 4.86. The number of nitrogens with one attached hydrogen (secondary N) is 1. The summed E-state index contributed by atoms with van der Waals surface area (Å²) in [4.78, 5) is 12.9. The van der Waals surface area contributed by atoms with Gasteiger partial charge in [-0.2, -0.15) is 13.2 Å². The van der Waals surface area contributed by atoms with Gasteiger partial charge in [-0.1, -0.05) is 36.4 Å². The molecule has 3 aromatic carbocycles. The van der Waals surface area contributed by atoms with Gasteiger partial charge in [-0.25, -0.2) is 8.42 Å². The van der Waals surface area contributed by atoms with Crippen LogP contribution in [0.3, 0.4) is 0 Å². The lowest BCUT2D eigenvalue weighted by Gasteiger charge is -2.35. The summed E-state index contributed by atoms with van der Waals surface area (Å²) in [5.74, 6) is -0.424. The molecule has 0 bridgehead atoms. The Hall–Kier alpha value is -3.53. The molecule has 3 aromatic rings. The molecule has 0 saturated heterocycles. The van der Waals surface area contributed by atoms with E-state index in [1.54, 1.807) is 36.4 Å². The van der Waals surface area contributed by atoms with Crippen molar-refractivity contribution in [3.63, 3.8) is 0 Å². The van der Waals surface area contributed by atoms with Crippen LogP contribution in [0.15, 0.2) is 77.7 Å². The van der Waals surface area contributed by atoms with Crippen LogP contribution in [-0.2, 0) is 27.5 Å². The van der Waals surface area contributed by atoms with Crippen molar-refractivity contribution in [2.24, 2.45) is 0 Å². The molecule has 1 aliphatic heterocycles. The molecule has 1 unspecified atom stereocenters. The van der Waals surface area contributed by atoms with Crippen LogP contribution in [0.25, 0.3) is 0 Å².